The number of fused-ring (bicyclic) bond motifs is 1. The molecule has 0 aliphatic rings. The quantitative estimate of drug-likeness (QED) is 0.412. The zero-order chi connectivity index (χ0) is 22.4. The number of aromatic amines is 1. The van der Waals surface area contributed by atoms with Crippen molar-refractivity contribution in [2.75, 3.05) is 7.11 Å². The summed E-state index contributed by atoms with van der Waals surface area (Å²) in [4.78, 5) is 40.2. The van der Waals surface area contributed by atoms with Crippen molar-refractivity contribution in [1.82, 2.24) is 15.6 Å². The third-order valence-corrected chi connectivity index (χ3v) is 4.97. The van der Waals surface area contributed by atoms with Gasteiger partial charge in [-0.3, -0.25) is 9.59 Å². The normalized spacial score (nSPS) is 12.7. The maximum absolute atomic E-state index is 13.0. The molecule has 1 heterocycles. The molecule has 8 heteroatoms. The molecule has 2 aromatic carbocycles. The van der Waals surface area contributed by atoms with Crippen molar-refractivity contribution in [2.45, 2.75) is 31.8 Å². The fourth-order valence-corrected chi connectivity index (χ4v) is 3.45. The van der Waals surface area contributed by atoms with E-state index in [-0.39, 0.29) is 24.5 Å². The zero-order valence-corrected chi connectivity index (χ0v) is 17.3. The topological polar surface area (TPSA) is 121 Å². The average Bonchev–Trinajstić information content (AvgIpc) is 3.16. The molecule has 3 rings (SSSR count). The van der Waals surface area contributed by atoms with Crippen molar-refractivity contribution < 1.29 is 24.2 Å². The highest BCUT2D eigenvalue weighted by Crippen LogP contribution is 2.19. The van der Waals surface area contributed by atoms with Gasteiger partial charge >= 0.3 is 5.97 Å². The number of ether oxygens (including phenoxy) is 1. The van der Waals surface area contributed by atoms with E-state index in [1.807, 2.05) is 24.3 Å². The van der Waals surface area contributed by atoms with Gasteiger partial charge in [-0.05, 0) is 29.3 Å². The van der Waals surface area contributed by atoms with Crippen LogP contribution in [0.4, 0.5) is 0 Å². The minimum absolute atomic E-state index is 0.104. The number of benzene rings is 2. The fourth-order valence-electron chi connectivity index (χ4n) is 3.45. The Balaban J connectivity index is 1.79. The smallest absolute Gasteiger partial charge is 0.328 e. The number of rotatable bonds is 8. The lowest BCUT2D eigenvalue weighted by atomic mass is 10.0. The SMILES string of the molecule is COC(=O)[C@H](Cc1ccc(O)cc1)NC(=O)[C@H](Cc1c[nH]c2ccccc12)NC(C)=O. The largest absolute Gasteiger partial charge is 0.508 e. The second-order valence-corrected chi connectivity index (χ2v) is 7.27. The molecule has 2 amide bonds. The first kappa shape index (κ1) is 21.9. The first-order valence-electron chi connectivity index (χ1n) is 9.85. The number of carbonyl (C=O) groups excluding carboxylic acids is 3. The molecule has 0 unspecified atom stereocenters. The number of phenolic OH excluding ortho intramolecular Hbond substituents is 1. The van der Waals surface area contributed by atoms with E-state index in [2.05, 4.69) is 15.6 Å². The molecule has 1 aromatic heterocycles. The number of aromatic nitrogens is 1. The first-order valence-corrected chi connectivity index (χ1v) is 9.85. The molecule has 0 fully saturated rings. The molecule has 0 aliphatic heterocycles. The van der Waals surface area contributed by atoms with Crippen LogP contribution in [0.1, 0.15) is 18.1 Å². The Kier molecular flexibility index (Phi) is 6.92. The summed E-state index contributed by atoms with van der Waals surface area (Å²) in [6.07, 6.45) is 2.24. The van der Waals surface area contributed by atoms with E-state index < -0.39 is 24.0 Å². The highest BCUT2D eigenvalue weighted by molar-refractivity contribution is 5.91. The summed E-state index contributed by atoms with van der Waals surface area (Å²) in [7, 11) is 1.25. The van der Waals surface area contributed by atoms with Crippen LogP contribution in [0, 0.1) is 0 Å². The van der Waals surface area contributed by atoms with E-state index in [4.69, 9.17) is 4.74 Å². The summed E-state index contributed by atoms with van der Waals surface area (Å²) < 4.78 is 4.84. The Morgan fingerprint density at radius 2 is 1.71 bits per heavy atom. The third-order valence-electron chi connectivity index (χ3n) is 4.97. The maximum atomic E-state index is 13.0. The molecule has 0 radical (unpaired) electrons. The molecule has 0 bridgehead atoms. The van der Waals surface area contributed by atoms with Gasteiger partial charge in [-0.25, -0.2) is 4.79 Å². The van der Waals surface area contributed by atoms with Gasteiger partial charge in [0.25, 0.3) is 0 Å². The van der Waals surface area contributed by atoms with E-state index in [0.29, 0.717) is 0 Å². The third kappa shape index (κ3) is 5.63. The molecule has 3 aromatic rings. The van der Waals surface area contributed by atoms with Crippen LogP contribution >= 0.6 is 0 Å². The van der Waals surface area contributed by atoms with Gasteiger partial charge in [0, 0.05) is 36.9 Å². The highest BCUT2D eigenvalue weighted by Gasteiger charge is 2.28. The number of esters is 1. The van der Waals surface area contributed by atoms with E-state index in [0.717, 1.165) is 22.0 Å². The molecule has 8 nitrogen and oxygen atoms in total. The molecule has 0 spiro atoms. The number of aromatic hydroxyl groups is 1. The van der Waals surface area contributed by atoms with Gasteiger partial charge in [-0.2, -0.15) is 0 Å². The number of hydrogen-bond donors (Lipinski definition) is 4. The lowest BCUT2D eigenvalue weighted by Gasteiger charge is -2.22. The number of hydrogen-bond acceptors (Lipinski definition) is 5. The number of carbonyl (C=O) groups is 3. The molecule has 162 valence electrons. The Hall–Kier alpha value is -3.81. The van der Waals surface area contributed by atoms with Crippen molar-refractivity contribution in [3.8, 4) is 5.75 Å². The van der Waals surface area contributed by atoms with Crippen LogP contribution in [-0.4, -0.2) is 47.1 Å². The summed E-state index contributed by atoms with van der Waals surface area (Å²) in [5.41, 5.74) is 2.54. The summed E-state index contributed by atoms with van der Waals surface area (Å²) in [6.45, 7) is 1.34. The van der Waals surface area contributed by atoms with Gasteiger partial charge in [-0.15, -0.1) is 0 Å². The van der Waals surface area contributed by atoms with Gasteiger partial charge < -0.3 is 25.5 Å². The lowest BCUT2D eigenvalue weighted by Crippen LogP contribution is -2.53. The summed E-state index contributed by atoms with van der Waals surface area (Å²) in [6, 6.07) is 12.2. The van der Waals surface area contributed by atoms with E-state index in [1.54, 1.807) is 18.3 Å². The van der Waals surface area contributed by atoms with Crippen LogP contribution in [0.3, 0.4) is 0 Å². The van der Waals surface area contributed by atoms with Crippen LogP contribution in [0.25, 0.3) is 10.9 Å². The van der Waals surface area contributed by atoms with Crippen molar-refractivity contribution >= 4 is 28.7 Å². The number of nitrogens with one attached hydrogen (secondary N) is 3. The maximum Gasteiger partial charge on any atom is 0.328 e. The minimum atomic E-state index is -0.943. The highest BCUT2D eigenvalue weighted by atomic mass is 16.5. The molecule has 2 atom stereocenters. The molecule has 31 heavy (non-hydrogen) atoms. The second-order valence-electron chi connectivity index (χ2n) is 7.27. The second kappa shape index (κ2) is 9.80. The summed E-state index contributed by atoms with van der Waals surface area (Å²) in [5.74, 6) is -1.34. The Morgan fingerprint density at radius 1 is 1.00 bits per heavy atom. The summed E-state index contributed by atoms with van der Waals surface area (Å²) >= 11 is 0. The monoisotopic (exact) mass is 423 g/mol. The number of amides is 2. The van der Waals surface area contributed by atoms with Crippen LogP contribution in [0.5, 0.6) is 5.75 Å². The van der Waals surface area contributed by atoms with Gasteiger partial charge in [0.05, 0.1) is 7.11 Å². The van der Waals surface area contributed by atoms with E-state index >= 15 is 0 Å². The average molecular weight is 423 g/mol. The Labute approximate surface area is 179 Å². The molecular formula is C23H25N3O5. The van der Waals surface area contributed by atoms with Crippen LogP contribution in [0.2, 0.25) is 0 Å². The number of methoxy groups -OCH3 is 1. The zero-order valence-electron chi connectivity index (χ0n) is 17.3. The lowest BCUT2D eigenvalue weighted by molar-refractivity contribution is -0.145. The van der Waals surface area contributed by atoms with Gasteiger partial charge in [0.1, 0.15) is 17.8 Å². The Bertz CT molecular complexity index is 1070. The van der Waals surface area contributed by atoms with Gasteiger partial charge in [0.2, 0.25) is 11.8 Å². The minimum Gasteiger partial charge on any atom is -0.508 e. The molecule has 0 aliphatic carbocycles. The standard InChI is InChI=1S/C23H25N3O5/c1-14(27)25-20(12-16-13-24-19-6-4-3-5-18(16)19)22(29)26-21(23(30)31-2)11-15-7-9-17(28)10-8-15/h3-10,13,20-21,24,28H,11-12H2,1-2H3,(H,25,27)(H,26,29)/t20-,21-/m0/s1. The van der Waals surface area contributed by atoms with Crippen molar-refractivity contribution in [3.05, 3.63) is 65.9 Å². The van der Waals surface area contributed by atoms with Crippen molar-refractivity contribution in [1.29, 1.82) is 0 Å². The van der Waals surface area contributed by atoms with Crippen molar-refractivity contribution in [2.24, 2.45) is 0 Å². The molecule has 0 saturated carbocycles. The molecule has 0 saturated heterocycles. The predicted molar refractivity (Wildman–Crippen MR) is 115 cm³/mol. The van der Waals surface area contributed by atoms with Crippen LogP contribution < -0.4 is 10.6 Å². The van der Waals surface area contributed by atoms with E-state index in [9.17, 15) is 19.5 Å². The fraction of sp³-hybridized carbons (Fsp3) is 0.261. The molecular weight excluding hydrogens is 398 g/mol. The first-order chi connectivity index (χ1) is 14.9. The van der Waals surface area contributed by atoms with Crippen LogP contribution in [0.15, 0.2) is 54.7 Å². The number of phenols is 1. The van der Waals surface area contributed by atoms with Gasteiger partial charge in [-0.1, -0.05) is 30.3 Å². The van der Waals surface area contributed by atoms with Crippen molar-refractivity contribution in [3.63, 3.8) is 0 Å². The van der Waals surface area contributed by atoms with E-state index in [1.165, 1.54) is 26.2 Å². The summed E-state index contributed by atoms with van der Waals surface area (Å²) in [5, 5.41) is 15.8. The molecule has 4 N–H and O–H groups in total. The van der Waals surface area contributed by atoms with Gasteiger partial charge in [0.15, 0.2) is 0 Å². The van der Waals surface area contributed by atoms with Crippen LogP contribution in [-0.2, 0) is 32.0 Å². The number of para-hydroxylation sites is 1. The number of H-pyrrole nitrogens is 1. The predicted octanol–water partition coefficient (Wildman–Crippen LogP) is 1.82. The Morgan fingerprint density at radius 3 is 2.39 bits per heavy atom.